The van der Waals surface area contributed by atoms with Crippen LogP contribution in [0.4, 0.5) is 0 Å². The predicted molar refractivity (Wildman–Crippen MR) is 63.0 cm³/mol. The van der Waals surface area contributed by atoms with Gasteiger partial charge in [-0.3, -0.25) is 0 Å². The van der Waals surface area contributed by atoms with E-state index in [4.69, 9.17) is 10.9 Å². The zero-order valence-electron chi connectivity index (χ0n) is 9.16. The van der Waals surface area contributed by atoms with Crippen molar-refractivity contribution >= 4 is 17.6 Å². The van der Waals surface area contributed by atoms with E-state index in [9.17, 15) is 0 Å². The maximum absolute atomic E-state index is 8.42. The van der Waals surface area contributed by atoms with Crippen molar-refractivity contribution in [3.8, 4) is 0 Å². The Kier molecular flexibility index (Phi) is 7.70. The Morgan fingerprint density at radius 1 is 1.57 bits per heavy atom. The highest BCUT2D eigenvalue weighted by Crippen LogP contribution is 2.07. The third kappa shape index (κ3) is 6.10. The van der Waals surface area contributed by atoms with Gasteiger partial charge in [0.2, 0.25) is 0 Å². The van der Waals surface area contributed by atoms with E-state index >= 15 is 0 Å². The summed E-state index contributed by atoms with van der Waals surface area (Å²) in [4.78, 5) is 0. The van der Waals surface area contributed by atoms with Crippen molar-refractivity contribution in [2.45, 2.75) is 25.5 Å². The Morgan fingerprint density at radius 3 is 2.71 bits per heavy atom. The predicted octanol–water partition coefficient (Wildman–Crippen LogP) is 1.10. The molecule has 0 aliphatic rings. The Hall–Kier alpha value is -0.420. The first-order valence-corrected chi connectivity index (χ1v) is 6.11. The summed E-state index contributed by atoms with van der Waals surface area (Å²) < 4.78 is 0. The molecule has 0 radical (unpaired) electrons. The van der Waals surface area contributed by atoms with Gasteiger partial charge in [-0.15, -0.1) is 0 Å². The molecular weight excluding hydrogens is 198 g/mol. The van der Waals surface area contributed by atoms with Gasteiger partial charge in [0, 0.05) is 17.7 Å². The average Bonchev–Trinajstić information content (AvgIpc) is 2.22. The van der Waals surface area contributed by atoms with Crippen LogP contribution in [0.1, 0.15) is 20.3 Å². The highest BCUT2D eigenvalue weighted by atomic mass is 32.2. The maximum atomic E-state index is 8.42. The summed E-state index contributed by atoms with van der Waals surface area (Å²) in [6.07, 6.45) is 3.26. The molecule has 14 heavy (non-hydrogen) atoms. The topological polar surface area (TPSA) is 70.6 Å². The quantitative estimate of drug-likeness (QED) is 0.197. The minimum absolute atomic E-state index is 0.0876. The number of nitrogens with one attached hydrogen (secondary N) is 1. The minimum atomic E-state index is 0.0876. The van der Waals surface area contributed by atoms with E-state index < -0.39 is 0 Å². The monoisotopic (exact) mass is 219 g/mol. The number of amidine groups is 1. The smallest absolute Gasteiger partial charge is 0.143 e. The molecule has 0 aliphatic heterocycles. The van der Waals surface area contributed by atoms with E-state index in [2.05, 4.69) is 23.7 Å². The van der Waals surface area contributed by atoms with Crippen molar-refractivity contribution in [1.82, 2.24) is 5.32 Å². The first-order chi connectivity index (χ1) is 6.61. The van der Waals surface area contributed by atoms with Crippen molar-refractivity contribution in [1.29, 1.82) is 0 Å². The fourth-order valence-electron chi connectivity index (χ4n) is 0.945. The van der Waals surface area contributed by atoms with Gasteiger partial charge in [0.25, 0.3) is 0 Å². The average molecular weight is 219 g/mol. The highest BCUT2D eigenvalue weighted by Gasteiger charge is 2.06. The van der Waals surface area contributed by atoms with E-state index in [1.807, 2.05) is 18.7 Å². The number of hydrogen-bond donors (Lipinski definition) is 3. The fourth-order valence-corrected chi connectivity index (χ4v) is 1.30. The molecule has 0 saturated carbocycles. The molecule has 0 fully saturated rings. The summed E-state index contributed by atoms with van der Waals surface area (Å²) in [7, 11) is 0. The summed E-state index contributed by atoms with van der Waals surface area (Å²) in [5.74, 6) is 0.375. The van der Waals surface area contributed by atoms with Gasteiger partial charge in [-0.2, -0.15) is 11.8 Å². The molecule has 0 spiro atoms. The Morgan fingerprint density at radius 2 is 2.21 bits per heavy atom. The van der Waals surface area contributed by atoms with Gasteiger partial charge < -0.3 is 16.3 Å². The van der Waals surface area contributed by atoms with Crippen molar-refractivity contribution in [3.05, 3.63) is 0 Å². The molecule has 0 aromatic carbocycles. The Bertz CT molecular complexity index is 175. The molecule has 0 aromatic heterocycles. The number of nitrogens with zero attached hydrogens (tertiary/aromatic N) is 1. The molecular formula is C9H21N3OS. The van der Waals surface area contributed by atoms with Gasteiger partial charge in [-0.1, -0.05) is 19.0 Å². The SMILES string of the molecule is CSC(C)CCNCC(C)C(N)=NO. The van der Waals surface area contributed by atoms with Crippen LogP contribution in [0.2, 0.25) is 0 Å². The number of rotatable bonds is 7. The summed E-state index contributed by atoms with van der Waals surface area (Å²) in [6, 6.07) is 0. The molecule has 0 saturated heterocycles. The molecule has 0 bridgehead atoms. The normalized spacial score (nSPS) is 16.6. The van der Waals surface area contributed by atoms with Gasteiger partial charge in [-0.25, -0.2) is 0 Å². The van der Waals surface area contributed by atoms with Gasteiger partial charge >= 0.3 is 0 Å². The first-order valence-electron chi connectivity index (χ1n) is 4.82. The lowest BCUT2D eigenvalue weighted by Crippen LogP contribution is -2.32. The van der Waals surface area contributed by atoms with Gasteiger partial charge in [-0.05, 0) is 19.2 Å². The second-order valence-corrected chi connectivity index (χ2v) is 4.74. The van der Waals surface area contributed by atoms with Crippen LogP contribution >= 0.6 is 11.8 Å². The molecule has 2 atom stereocenters. The summed E-state index contributed by atoms with van der Waals surface area (Å²) in [5, 5.41) is 15.4. The van der Waals surface area contributed by atoms with Gasteiger partial charge in [0.1, 0.15) is 5.84 Å². The summed E-state index contributed by atoms with van der Waals surface area (Å²) in [5.41, 5.74) is 5.44. The molecule has 0 rings (SSSR count). The lowest BCUT2D eigenvalue weighted by atomic mass is 10.1. The van der Waals surface area contributed by atoms with E-state index in [0.29, 0.717) is 5.25 Å². The van der Waals surface area contributed by atoms with E-state index in [0.717, 1.165) is 19.5 Å². The second-order valence-electron chi connectivity index (χ2n) is 3.47. The lowest BCUT2D eigenvalue weighted by Gasteiger charge is -2.12. The number of oxime groups is 1. The number of hydrogen-bond acceptors (Lipinski definition) is 4. The Balaban J connectivity index is 3.45. The third-order valence-electron chi connectivity index (χ3n) is 2.20. The second kappa shape index (κ2) is 7.94. The molecule has 84 valence electrons. The molecule has 5 heteroatoms. The summed E-state index contributed by atoms with van der Waals surface area (Å²) >= 11 is 1.87. The molecule has 0 aliphatic carbocycles. The van der Waals surface area contributed by atoms with Crippen LogP contribution in [-0.2, 0) is 0 Å². The maximum Gasteiger partial charge on any atom is 0.143 e. The zero-order chi connectivity index (χ0) is 11.0. The minimum Gasteiger partial charge on any atom is -0.409 e. The van der Waals surface area contributed by atoms with E-state index in [-0.39, 0.29) is 11.8 Å². The van der Waals surface area contributed by atoms with Gasteiger partial charge in [0.05, 0.1) is 0 Å². The molecule has 0 amide bonds. The third-order valence-corrected chi connectivity index (χ3v) is 3.24. The van der Waals surface area contributed by atoms with Crippen LogP contribution in [0.15, 0.2) is 5.16 Å². The van der Waals surface area contributed by atoms with Crippen LogP contribution in [0, 0.1) is 5.92 Å². The standard InChI is InChI=1S/C9H21N3OS/c1-7(9(10)12-13)6-11-5-4-8(2)14-3/h7-8,11,13H,4-6H2,1-3H3,(H2,10,12). The van der Waals surface area contributed by atoms with E-state index in [1.54, 1.807) is 0 Å². The van der Waals surface area contributed by atoms with Crippen LogP contribution in [0.5, 0.6) is 0 Å². The summed E-state index contributed by atoms with van der Waals surface area (Å²) in [6.45, 7) is 5.88. The van der Waals surface area contributed by atoms with E-state index in [1.165, 1.54) is 0 Å². The molecule has 4 N–H and O–H groups in total. The van der Waals surface area contributed by atoms with Crippen LogP contribution in [-0.4, -0.2) is 35.6 Å². The molecule has 0 heterocycles. The number of thioether (sulfide) groups is 1. The zero-order valence-corrected chi connectivity index (χ0v) is 9.97. The molecule has 2 unspecified atom stereocenters. The van der Waals surface area contributed by atoms with Gasteiger partial charge in [0.15, 0.2) is 0 Å². The molecule has 0 aromatic rings. The van der Waals surface area contributed by atoms with Crippen LogP contribution in [0.3, 0.4) is 0 Å². The molecule has 4 nitrogen and oxygen atoms in total. The van der Waals surface area contributed by atoms with Crippen LogP contribution < -0.4 is 11.1 Å². The van der Waals surface area contributed by atoms with Crippen LogP contribution in [0.25, 0.3) is 0 Å². The Labute approximate surface area is 90.3 Å². The van der Waals surface area contributed by atoms with Crippen molar-refractivity contribution < 1.29 is 5.21 Å². The lowest BCUT2D eigenvalue weighted by molar-refractivity contribution is 0.314. The first kappa shape index (κ1) is 13.6. The largest absolute Gasteiger partial charge is 0.409 e. The van der Waals surface area contributed by atoms with Crippen molar-refractivity contribution in [2.24, 2.45) is 16.8 Å². The highest BCUT2D eigenvalue weighted by molar-refractivity contribution is 7.99. The fraction of sp³-hybridized carbons (Fsp3) is 0.889. The van der Waals surface area contributed by atoms with Crippen molar-refractivity contribution in [2.75, 3.05) is 19.3 Å². The van der Waals surface area contributed by atoms with Crippen molar-refractivity contribution in [3.63, 3.8) is 0 Å². The number of nitrogens with two attached hydrogens (primary N) is 1.